The van der Waals surface area contributed by atoms with Gasteiger partial charge in [0.15, 0.2) is 0 Å². The molecule has 4 amide bonds. The molecule has 192 valence electrons. The fourth-order valence-electron chi connectivity index (χ4n) is 5.30. The smallest absolute Gasteiger partial charge is 0.327 e. The number of urea groups is 1. The van der Waals surface area contributed by atoms with E-state index in [-0.39, 0.29) is 30.7 Å². The molecular formula is C28H30N4O5. The zero-order valence-corrected chi connectivity index (χ0v) is 20.5. The van der Waals surface area contributed by atoms with E-state index < -0.39 is 18.1 Å². The van der Waals surface area contributed by atoms with E-state index in [1.165, 1.54) is 4.90 Å². The first kappa shape index (κ1) is 24.5. The lowest BCUT2D eigenvalue weighted by Gasteiger charge is -2.28. The molecule has 1 aromatic heterocycles. The van der Waals surface area contributed by atoms with Crippen molar-refractivity contribution in [1.29, 1.82) is 0 Å². The third kappa shape index (κ3) is 5.07. The summed E-state index contributed by atoms with van der Waals surface area (Å²) in [5.41, 5.74) is 3.95. The molecule has 3 aromatic rings. The molecule has 9 nitrogen and oxygen atoms in total. The van der Waals surface area contributed by atoms with Crippen LogP contribution in [-0.2, 0) is 33.8 Å². The molecule has 9 heteroatoms. The zero-order chi connectivity index (χ0) is 25.9. The number of carboxylic acid groups (broad SMARTS) is 1. The molecule has 0 radical (unpaired) electrons. The number of nitrogens with one attached hydrogen (secondary N) is 2. The van der Waals surface area contributed by atoms with Crippen molar-refractivity contribution < 1.29 is 24.3 Å². The first-order chi connectivity index (χ1) is 17.9. The van der Waals surface area contributed by atoms with Crippen molar-refractivity contribution in [3.63, 3.8) is 0 Å². The van der Waals surface area contributed by atoms with E-state index in [4.69, 9.17) is 0 Å². The first-order valence-electron chi connectivity index (χ1n) is 12.7. The van der Waals surface area contributed by atoms with E-state index in [1.807, 2.05) is 48.5 Å². The van der Waals surface area contributed by atoms with Gasteiger partial charge in [-0.15, -0.1) is 0 Å². The molecule has 1 fully saturated rings. The lowest BCUT2D eigenvalue weighted by atomic mass is 9.95. The number of unbranched alkanes of at least 4 members (excludes halogenated alkanes) is 2. The number of nitrogens with zero attached hydrogens (tertiary/aromatic N) is 2. The summed E-state index contributed by atoms with van der Waals surface area (Å²) in [6.45, 7) is 0.770. The van der Waals surface area contributed by atoms with Crippen LogP contribution in [0.2, 0.25) is 0 Å². The number of hydrogen-bond donors (Lipinski definition) is 3. The summed E-state index contributed by atoms with van der Waals surface area (Å²) in [7, 11) is 0. The van der Waals surface area contributed by atoms with Crippen LogP contribution in [0.5, 0.6) is 0 Å². The molecule has 0 spiro atoms. The second-order valence-electron chi connectivity index (χ2n) is 9.72. The predicted molar refractivity (Wildman–Crippen MR) is 137 cm³/mol. The van der Waals surface area contributed by atoms with E-state index in [0.717, 1.165) is 27.6 Å². The predicted octanol–water partition coefficient (Wildman–Crippen LogP) is 3.23. The highest BCUT2D eigenvalue weighted by atomic mass is 16.4. The number of H-pyrrole nitrogens is 1. The fraction of sp³-hybridized carbons (Fsp3) is 0.357. The first-order valence-corrected chi connectivity index (χ1v) is 12.7. The maximum atomic E-state index is 12.9. The van der Waals surface area contributed by atoms with Crippen LogP contribution in [0.1, 0.15) is 42.4 Å². The number of benzene rings is 2. The minimum absolute atomic E-state index is 0.154. The minimum Gasteiger partial charge on any atom is -0.480 e. The third-order valence-electron chi connectivity index (χ3n) is 7.29. The van der Waals surface area contributed by atoms with E-state index in [0.29, 0.717) is 38.8 Å². The van der Waals surface area contributed by atoms with Crippen LogP contribution >= 0.6 is 0 Å². The molecule has 0 saturated carbocycles. The molecule has 5 rings (SSSR count). The van der Waals surface area contributed by atoms with Crippen molar-refractivity contribution >= 4 is 34.7 Å². The normalized spacial score (nSPS) is 17.6. The highest BCUT2D eigenvalue weighted by Gasteiger charge is 2.46. The van der Waals surface area contributed by atoms with Gasteiger partial charge in [-0.25, -0.2) is 9.59 Å². The Morgan fingerprint density at radius 3 is 2.59 bits per heavy atom. The zero-order valence-electron chi connectivity index (χ0n) is 20.5. The number of carbonyl (C=O) groups is 4. The Bertz CT molecular complexity index is 1310. The number of aliphatic carboxylic acids is 1. The Hall–Kier alpha value is -4.14. The van der Waals surface area contributed by atoms with Crippen molar-refractivity contribution in [2.45, 2.75) is 57.2 Å². The second kappa shape index (κ2) is 10.5. The maximum Gasteiger partial charge on any atom is 0.327 e. The maximum absolute atomic E-state index is 12.9. The Balaban J connectivity index is 1.07. The minimum atomic E-state index is -1.08. The number of carboxylic acids is 1. The summed E-state index contributed by atoms with van der Waals surface area (Å²) in [4.78, 5) is 56.0. The summed E-state index contributed by atoms with van der Waals surface area (Å²) in [6.07, 6.45) is 4.47. The number of aromatic nitrogens is 1. The standard InChI is InChI=1S/C28H30N4O5/c33-25(30-23(27(35)36)14-20-16-29-22-11-6-5-10-21(20)22)12-2-1-7-13-31-26(34)24-15-18-8-3-4-9-19(18)17-32(24)28(31)37/h3-6,8-11,16,23-24,29H,1-2,7,12-15,17H2,(H,30,33)(H,35,36). The topological polar surface area (TPSA) is 123 Å². The summed E-state index contributed by atoms with van der Waals surface area (Å²) >= 11 is 0. The Morgan fingerprint density at radius 1 is 1.03 bits per heavy atom. The second-order valence-corrected chi connectivity index (χ2v) is 9.72. The third-order valence-corrected chi connectivity index (χ3v) is 7.29. The van der Waals surface area contributed by atoms with Gasteiger partial charge in [0.25, 0.3) is 5.91 Å². The van der Waals surface area contributed by atoms with Crippen LogP contribution in [0.25, 0.3) is 10.9 Å². The van der Waals surface area contributed by atoms with Gasteiger partial charge in [0.2, 0.25) is 5.91 Å². The number of imide groups is 1. The molecule has 2 aromatic carbocycles. The molecule has 2 atom stereocenters. The van der Waals surface area contributed by atoms with Crippen LogP contribution in [0.4, 0.5) is 4.79 Å². The van der Waals surface area contributed by atoms with E-state index in [9.17, 15) is 24.3 Å². The molecule has 3 N–H and O–H groups in total. The molecule has 2 aliphatic heterocycles. The monoisotopic (exact) mass is 502 g/mol. The van der Waals surface area contributed by atoms with Gasteiger partial charge in [-0.2, -0.15) is 0 Å². The number of aromatic amines is 1. The molecule has 3 heterocycles. The molecule has 1 saturated heterocycles. The average molecular weight is 503 g/mol. The highest BCUT2D eigenvalue weighted by molar-refractivity contribution is 6.04. The van der Waals surface area contributed by atoms with Gasteiger partial charge < -0.3 is 20.3 Å². The lowest BCUT2D eigenvalue weighted by Crippen LogP contribution is -2.42. The number of carbonyl (C=O) groups excluding carboxylic acids is 3. The van der Waals surface area contributed by atoms with Crippen LogP contribution in [0.3, 0.4) is 0 Å². The Morgan fingerprint density at radius 2 is 1.78 bits per heavy atom. The van der Waals surface area contributed by atoms with Gasteiger partial charge in [-0.1, -0.05) is 48.9 Å². The van der Waals surface area contributed by atoms with Crippen LogP contribution in [0, 0.1) is 0 Å². The molecule has 0 aliphatic carbocycles. The van der Waals surface area contributed by atoms with E-state index in [1.54, 1.807) is 11.1 Å². The number of rotatable bonds is 10. The number of fused-ring (bicyclic) bond motifs is 3. The van der Waals surface area contributed by atoms with Gasteiger partial charge in [0, 0.05) is 49.5 Å². The van der Waals surface area contributed by atoms with Gasteiger partial charge in [-0.05, 0) is 35.6 Å². The summed E-state index contributed by atoms with van der Waals surface area (Å²) in [5, 5.41) is 13.2. The van der Waals surface area contributed by atoms with Gasteiger partial charge in [0.05, 0.1) is 0 Å². The highest BCUT2D eigenvalue weighted by Crippen LogP contribution is 2.30. The van der Waals surface area contributed by atoms with Crippen LogP contribution in [-0.4, -0.2) is 62.3 Å². The lowest BCUT2D eigenvalue weighted by molar-refractivity contribution is -0.141. The molecule has 37 heavy (non-hydrogen) atoms. The van der Waals surface area contributed by atoms with Gasteiger partial charge >= 0.3 is 12.0 Å². The summed E-state index contributed by atoms with van der Waals surface area (Å²) in [6, 6.07) is 13.8. The van der Waals surface area contributed by atoms with Crippen molar-refractivity contribution in [2.75, 3.05) is 6.54 Å². The quantitative estimate of drug-likeness (QED) is 0.290. The summed E-state index contributed by atoms with van der Waals surface area (Å²) < 4.78 is 0. The number of hydrogen-bond acceptors (Lipinski definition) is 4. The van der Waals surface area contributed by atoms with Crippen molar-refractivity contribution in [2.24, 2.45) is 0 Å². The molecule has 2 aliphatic rings. The summed E-state index contributed by atoms with van der Waals surface area (Å²) in [5.74, 6) is -1.56. The van der Waals surface area contributed by atoms with E-state index in [2.05, 4.69) is 10.3 Å². The van der Waals surface area contributed by atoms with Gasteiger partial charge in [0.1, 0.15) is 12.1 Å². The molecular weight excluding hydrogens is 472 g/mol. The van der Waals surface area contributed by atoms with Gasteiger partial charge in [-0.3, -0.25) is 14.5 Å². The van der Waals surface area contributed by atoms with Crippen molar-refractivity contribution in [3.05, 3.63) is 71.4 Å². The SMILES string of the molecule is O=C(CCCCCN1C(=O)C2Cc3ccccc3CN2C1=O)NC(Cc1c[nH]c2ccccc12)C(=O)O. The van der Waals surface area contributed by atoms with Crippen molar-refractivity contribution in [1.82, 2.24) is 20.1 Å². The largest absolute Gasteiger partial charge is 0.480 e. The molecule has 2 unspecified atom stereocenters. The van der Waals surface area contributed by atoms with Crippen molar-refractivity contribution in [3.8, 4) is 0 Å². The number of amides is 4. The Labute approximate surface area is 214 Å². The molecule has 0 bridgehead atoms. The average Bonchev–Trinajstić information content (AvgIpc) is 3.40. The Kier molecular flexibility index (Phi) is 6.94. The van der Waals surface area contributed by atoms with E-state index >= 15 is 0 Å². The van der Waals surface area contributed by atoms with Crippen LogP contribution in [0.15, 0.2) is 54.7 Å². The fourth-order valence-corrected chi connectivity index (χ4v) is 5.30. The van der Waals surface area contributed by atoms with Crippen LogP contribution < -0.4 is 5.32 Å². The number of para-hydroxylation sites is 1.